The van der Waals surface area contributed by atoms with Gasteiger partial charge in [0, 0.05) is 32.0 Å². The number of hydrogen-bond acceptors (Lipinski definition) is 5. The summed E-state index contributed by atoms with van der Waals surface area (Å²) in [6.07, 6.45) is 7.15. The first kappa shape index (κ1) is 33.1. The van der Waals surface area contributed by atoms with Gasteiger partial charge in [-0.05, 0) is 61.6 Å². The van der Waals surface area contributed by atoms with E-state index in [0.29, 0.717) is 24.3 Å². The Morgan fingerprint density at radius 1 is 0.932 bits per heavy atom. The van der Waals surface area contributed by atoms with Gasteiger partial charge in [0.2, 0.25) is 21.8 Å². The van der Waals surface area contributed by atoms with Crippen LogP contribution in [0.25, 0.3) is 0 Å². The molecule has 0 aliphatic heterocycles. The number of benzene rings is 3. The third-order valence-corrected chi connectivity index (χ3v) is 9.38. The Morgan fingerprint density at radius 2 is 1.61 bits per heavy atom. The molecule has 0 unspecified atom stereocenters. The van der Waals surface area contributed by atoms with Crippen LogP contribution >= 0.6 is 0 Å². The minimum atomic E-state index is -3.56. The Kier molecular flexibility index (Phi) is 11.8. The summed E-state index contributed by atoms with van der Waals surface area (Å²) in [6, 6.07) is 23.9. The van der Waals surface area contributed by atoms with Crippen molar-refractivity contribution < 1.29 is 22.7 Å². The fourth-order valence-electron chi connectivity index (χ4n) is 5.78. The van der Waals surface area contributed by atoms with Crippen LogP contribution < -0.4 is 14.4 Å². The zero-order valence-corrected chi connectivity index (χ0v) is 26.9. The summed E-state index contributed by atoms with van der Waals surface area (Å²) in [5.74, 6) is 0.308. The van der Waals surface area contributed by atoms with Crippen molar-refractivity contribution >= 4 is 27.5 Å². The summed E-state index contributed by atoms with van der Waals surface area (Å²) in [5, 5.41) is 3.26. The zero-order chi connectivity index (χ0) is 31.5. The Labute approximate surface area is 262 Å². The van der Waals surface area contributed by atoms with E-state index in [1.54, 1.807) is 24.1 Å². The number of methoxy groups -OCH3 is 1. The van der Waals surface area contributed by atoms with Crippen LogP contribution in [0.1, 0.15) is 61.6 Å². The van der Waals surface area contributed by atoms with Crippen molar-refractivity contribution in [3.8, 4) is 5.75 Å². The van der Waals surface area contributed by atoms with E-state index < -0.39 is 16.1 Å². The molecule has 1 aliphatic rings. The van der Waals surface area contributed by atoms with E-state index >= 15 is 0 Å². The molecule has 9 heteroatoms. The van der Waals surface area contributed by atoms with Crippen LogP contribution in [-0.4, -0.2) is 57.1 Å². The molecular weight excluding hydrogens is 574 g/mol. The lowest BCUT2D eigenvalue weighted by atomic mass is 9.94. The van der Waals surface area contributed by atoms with E-state index in [2.05, 4.69) is 5.32 Å². The van der Waals surface area contributed by atoms with Gasteiger partial charge < -0.3 is 15.0 Å². The Bertz CT molecular complexity index is 1470. The maximum absolute atomic E-state index is 14.1. The normalized spacial score (nSPS) is 14.4. The monoisotopic (exact) mass is 619 g/mol. The zero-order valence-electron chi connectivity index (χ0n) is 26.1. The fraction of sp³-hybridized carbons (Fsp3) is 0.429. The molecule has 44 heavy (non-hydrogen) atoms. The molecule has 1 N–H and O–H groups in total. The molecular formula is C35H45N3O5S. The second-order valence-corrected chi connectivity index (χ2v) is 13.6. The number of hydrogen-bond donors (Lipinski definition) is 1. The van der Waals surface area contributed by atoms with Gasteiger partial charge in [0.05, 0.1) is 19.1 Å². The third-order valence-electron chi connectivity index (χ3n) is 8.18. The van der Waals surface area contributed by atoms with Crippen LogP contribution in [0.4, 0.5) is 5.69 Å². The number of nitrogens with zero attached hydrogens (tertiary/aromatic N) is 2. The number of sulfonamides is 1. The van der Waals surface area contributed by atoms with E-state index in [1.807, 2.05) is 73.7 Å². The number of anilines is 1. The van der Waals surface area contributed by atoms with E-state index in [0.717, 1.165) is 42.4 Å². The average Bonchev–Trinajstić information content (AvgIpc) is 3.02. The molecule has 0 radical (unpaired) electrons. The van der Waals surface area contributed by atoms with E-state index in [-0.39, 0.29) is 37.4 Å². The predicted octanol–water partition coefficient (Wildman–Crippen LogP) is 5.64. The number of rotatable bonds is 14. The molecule has 8 nitrogen and oxygen atoms in total. The highest BCUT2D eigenvalue weighted by molar-refractivity contribution is 7.92. The Hall–Kier alpha value is -3.85. The summed E-state index contributed by atoms with van der Waals surface area (Å²) >= 11 is 0. The highest BCUT2D eigenvalue weighted by Crippen LogP contribution is 2.23. The fourth-order valence-corrected chi connectivity index (χ4v) is 6.75. The molecule has 3 aromatic rings. The largest absolute Gasteiger partial charge is 0.497 e. The number of carbonyl (C=O) groups excluding carboxylic acids is 2. The third kappa shape index (κ3) is 9.58. The Morgan fingerprint density at radius 3 is 2.27 bits per heavy atom. The molecule has 0 heterocycles. The van der Waals surface area contributed by atoms with Crippen LogP contribution in [0.5, 0.6) is 5.75 Å². The van der Waals surface area contributed by atoms with Crippen molar-refractivity contribution in [3.05, 3.63) is 95.6 Å². The van der Waals surface area contributed by atoms with Crippen molar-refractivity contribution in [2.24, 2.45) is 0 Å². The van der Waals surface area contributed by atoms with Gasteiger partial charge >= 0.3 is 0 Å². The molecule has 1 aliphatic carbocycles. The number of ether oxygens (including phenoxy) is 1. The summed E-state index contributed by atoms with van der Waals surface area (Å²) in [6.45, 7) is 2.32. The lowest BCUT2D eigenvalue weighted by molar-refractivity contribution is -0.141. The molecule has 0 bridgehead atoms. The van der Waals surface area contributed by atoms with Gasteiger partial charge in [-0.25, -0.2) is 8.42 Å². The SMILES string of the molecule is COc1cccc(CN(C(=O)CCCN(c2ccc(C)cc2)S(C)(=O)=O)[C@@H](Cc2ccccc2)C(=O)NC2CCCCC2)c1. The van der Waals surface area contributed by atoms with Crippen LogP contribution in [-0.2, 0) is 32.6 Å². The van der Waals surface area contributed by atoms with Gasteiger partial charge in [0.25, 0.3) is 0 Å². The molecule has 0 saturated heterocycles. The van der Waals surface area contributed by atoms with Crippen molar-refractivity contribution in [2.45, 2.75) is 76.9 Å². The molecule has 0 spiro atoms. The van der Waals surface area contributed by atoms with Gasteiger partial charge in [-0.15, -0.1) is 0 Å². The summed E-state index contributed by atoms with van der Waals surface area (Å²) in [7, 11) is -1.97. The smallest absolute Gasteiger partial charge is 0.243 e. The first-order valence-electron chi connectivity index (χ1n) is 15.4. The number of aryl methyl sites for hydroxylation is 1. The van der Waals surface area contributed by atoms with Crippen LogP contribution in [0, 0.1) is 6.92 Å². The maximum Gasteiger partial charge on any atom is 0.243 e. The maximum atomic E-state index is 14.1. The number of nitrogens with one attached hydrogen (secondary N) is 1. The van der Waals surface area contributed by atoms with Crippen LogP contribution in [0.15, 0.2) is 78.9 Å². The van der Waals surface area contributed by atoms with Crippen molar-refractivity contribution in [1.29, 1.82) is 0 Å². The highest BCUT2D eigenvalue weighted by Gasteiger charge is 2.32. The van der Waals surface area contributed by atoms with Gasteiger partial charge in [0.1, 0.15) is 11.8 Å². The van der Waals surface area contributed by atoms with Crippen LogP contribution in [0.3, 0.4) is 0 Å². The lowest BCUT2D eigenvalue weighted by Gasteiger charge is -2.34. The number of amides is 2. The molecule has 0 aromatic heterocycles. The lowest BCUT2D eigenvalue weighted by Crippen LogP contribution is -2.52. The van der Waals surface area contributed by atoms with Crippen LogP contribution in [0.2, 0.25) is 0 Å². The molecule has 1 atom stereocenters. The molecule has 4 rings (SSSR count). The predicted molar refractivity (Wildman–Crippen MR) is 175 cm³/mol. The first-order chi connectivity index (χ1) is 21.1. The quantitative estimate of drug-likeness (QED) is 0.252. The van der Waals surface area contributed by atoms with Crippen molar-refractivity contribution in [2.75, 3.05) is 24.2 Å². The van der Waals surface area contributed by atoms with E-state index in [1.165, 1.54) is 17.0 Å². The molecule has 1 fully saturated rings. The summed E-state index contributed by atoms with van der Waals surface area (Å²) in [5.41, 5.74) is 3.40. The van der Waals surface area contributed by atoms with Crippen molar-refractivity contribution in [1.82, 2.24) is 10.2 Å². The summed E-state index contributed by atoms with van der Waals surface area (Å²) in [4.78, 5) is 29.7. The second-order valence-electron chi connectivity index (χ2n) is 11.7. The van der Waals surface area contributed by atoms with Crippen molar-refractivity contribution in [3.63, 3.8) is 0 Å². The topological polar surface area (TPSA) is 96.0 Å². The van der Waals surface area contributed by atoms with E-state index in [4.69, 9.17) is 4.74 Å². The van der Waals surface area contributed by atoms with E-state index in [9.17, 15) is 18.0 Å². The van der Waals surface area contributed by atoms with Gasteiger partial charge in [-0.1, -0.05) is 79.4 Å². The molecule has 236 valence electrons. The highest BCUT2D eigenvalue weighted by atomic mass is 32.2. The number of carbonyl (C=O) groups is 2. The molecule has 1 saturated carbocycles. The first-order valence-corrected chi connectivity index (χ1v) is 17.3. The van der Waals surface area contributed by atoms with Gasteiger partial charge in [-0.2, -0.15) is 0 Å². The van der Waals surface area contributed by atoms with Gasteiger partial charge in [0.15, 0.2) is 0 Å². The summed E-state index contributed by atoms with van der Waals surface area (Å²) < 4.78 is 32.1. The molecule has 3 aromatic carbocycles. The minimum absolute atomic E-state index is 0.0872. The second kappa shape index (κ2) is 15.7. The average molecular weight is 620 g/mol. The standard InChI is InChI=1S/C35H45N3O5S/c1-27-19-21-31(22-20-27)38(44(3,41)42)23-11-18-34(39)37(26-29-14-10-17-32(24-29)43-2)33(25-28-12-6-4-7-13-28)35(40)36-30-15-8-5-9-16-30/h4,6-7,10,12-14,17,19-22,24,30,33H,5,8-9,11,15-16,18,23,25-26H2,1-3H3,(H,36,40)/t33-/m0/s1. The van der Waals surface area contributed by atoms with Gasteiger partial charge in [-0.3, -0.25) is 13.9 Å². The molecule has 2 amide bonds. The minimum Gasteiger partial charge on any atom is -0.497 e. The Balaban J connectivity index is 1.60.